The number of nitrogens with one attached hydrogen (secondary N) is 2. The molecule has 1 heterocycles. The van der Waals surface area contributed by atoms with Crippen LogP contribution in [0.1, 0.15) is 36.1 Å². The molecule has 0 atom stereocenters. The molecule has 8 heteroatoms. The maximum Gasteiger partial charge on any atom is 0.251 e. The first kappa shape index (κ1) is 19.5. The number of carbonyl (C=O) groups excluding carboxylic acids is 1. The Kier molecular flexibility index (Phi) is 5.32. The first-order chi connectivity index (χ1) is 12.6. The molecule has 3 aromatic rings. The van der Waals surface area contributed by atoms with Crippen LogP contribution in [-0.2, 0) is 16.6 Å². The van der Waals surface area contributed by atoms with E-state index in [0.717, 1.165) is 15.2 Å². The first-order valence-corrected chi connectivity index (χ1v) is 10.7. The van der Waals surface area contributed by atoms with E-state index in [1.54, 1.807) is 20.8 Å². The number of rotatable bonds is 5. The number of thiazole rings is 1. The molecule has 1 aromatic heterocycles. The fourth-order valence-electron chi connectivity index (χ4n) is 2.50. The summed E-state index contributed by atoms with van der Waals surface area (Å²) in [5.41, 5.74) is 0.727. The average molecular weight is 404 g/mol. The largest absolute Gasteiger partial charge is 0.346 e. The third-order valence-electron chi connectivity index (χ3n) is 3.61. The van der Waals surface area contributed by atoms with Crippen molar-refractivity contribution in [1.82, 2.24) is 15.0 Å². The lowest BCUT2D eigenvalue weighted by molar-refractivity contribution is 0.0950. The molecule has 1 amide bonds. The zero-order valence-corrected chi connectivity index (χ0v) is 16.9. The molecule has 0 radical (unpaired) electrons. The smallest absolute Gasteiger partial charge is 0.251 e. The van der Waals surface area contributed by atoms with Crippen molar-refractivity contribution in [3.05, 3.63) is 59.1 Å². The van der Waals surface area contributed by atoms with Crippen molar-refractivity contribution in [3.63, 3.8) is 0 Å². The van der Waals surface area contributed by atoms with Gasteiger partial charge in [-0.15, -0.1) is 11.3 Å². The number of hydrogen-bond donors (Lipinski definition) is 2. The van der Waals surface area contributed by atoms with Gasteiger partial charge < -0.3 is 5.32 Å². The Morgan fingerprint density at radius 3 is 2.37 bits per heavy atom. The Balaban J connectivity index is 1.67. The van der Waals surface area contributed by atoms with Crippen LogP contribution in [-0.4, -0.2) is 24.8 Å². The lowest BCUT2D eigenvalue weighted by Gasteiger charge is -2.20. The molecule has 0 bridgehead atoms. The van der Waals surface area contributed by atoms with Gasteiger partial charge in [-0.3, -0.25) is 4.79 Å². The van der Waals surface area contributed by atoms with Gasteiger partial charge >= 0.3 is 0 Å². The number of hydrogen-bond acceptors (Lipinski definition) is 5. The normalized spacial score (nSPS) is 12.3. The molecule has 0 unspecified atom stereocenters. The molecule has 27 heavy (non-hydrogen) atoms. The summed E-state index contributed by atoms with van der Waals surface area (Å²) in [6.45, 7) is 5.64. The molecule has 2 N–H and O–H groups in total. The summed E-state index contributed by atoms with van der Waals surface area (Å²) in [5, 5.41) is 3.63. The second kappa shape index (κ2) is 7.38. The van der Waals surface area contributed by atoms with Crippen LogP contribution in [0.2, 0.25) is 0 Å². The van der Waals surface area contributed by atoms with Gasteiger partial charge in [0.05, 0.1) is 21.7 Å². The molecule has 2 aromatic carbocycles. The topological polar surface area (TPSA) is 88.2 Å². The van der Waals surface area contributed by atoms with Gasteiger partial charge in [-0.05, 0) is 57.2 Å². The Morgan fingerprint density at radius 1 is 1.07 bits per heavy atom. The minimum Gasteiger partial charge on any atom is -0.346 e. The molecular formula is C19H21N3O3S2. The highest BCUT2D eigenvalue weighted by molar-refractivity contribution is 7.89. The van der Waals surface area contributed by atoms with Gasteiger partial charge in [0, 0.05) is 11.1 Å². The van der Waals surface area contributed by atoms with E-state index in [9.17, 15) is 13.2 Å². The maximum absolute atomic E-state index is 12.3. The lowest BCUT2D eigenvalue weighted by atomic mass is 10.1. The molecule has 0 spiro atoms. The summed E-state index contributed by atoms with van der Waals surface area (Å²) in [4.78, 5) is 16.9. The van der Waals surface area contributed by atoms with Gasteiger partial charge in [-0.2, -0.15) is 0 Å². The number of amides is 1. The zero-order valence-electron chi connectivity index (χ0n) is 15.3. The third-order valence-corrected chi connectivity index (χ3v) is 6.42. The van der Waals surface area contributed by atoms with Gasteiger partial charge in [0.15, 0.2) is 0 Å². The van der Waals surface area contributed by atoms with Crippen LogP contribution in [0, 0.1) is 0 Å². The van der Waals surface area contributed by atoms with Crippen LogP contribution in [0.5, 0.6) is 0 Å². The van der Waals surface area contributed by atoms with E-state index in [2.05, 4.69) is 15.0 Å². The number of carbonyl (C=O) groups is 1. The molecule has 3 rings (SSSR count). The van der Waals surface area contributed by atoms with Crippen molar-refractivity contribution in [1.29, 1.82) is 0 Å². The number of para-hydroxylation sites is 1. The molecule has 0 saturated heterocycles. The quantitative estimate of drug-likeness (QED) is 0.684. The van der Waals surface area contributed by atoms with E-state index in [4.69, 9.17) is 0 Å². The minimum atomic E-state index is -3.62. The van der Waals surface area contributed by atoms with Crippen LogP contribution in [0.3, 0.4) is 0 Å². The second-order valence-corrected chi connectivity index (χ2v) is 9.94. The molecular weight excluding hydrogens is 382 g/mol. The van der Waals surface area contributed by atoms with E-state index < -0.39 is 15.6 Å². The number of benzene rings is 2. The molecule has 0 aliphatic heterocycles. The zero-order chi connectivity index (χ0) is 19.7. The highest BCUT2D eigenvalue weighted by atomic mass is 32.2. The highest BCUT2D eigenvalue weighted by Crippen LogP contribution is 2.21. The Morgan fingerprint density at radius 2 is 1.74 bits per heavy atom. The van der Waals surface area contributed by atoms with Gasteiger partial charge in [0.2, 0.25) is 10.0 Å². The Labute approximate surface area is 162 Å². The minimum absolute atomic E-state index is 0.125. The summed E-state index contributed by atoms with van der Waals surface area (Å²) >= 11 is 1.53. The third kappa shape index (κ3) is 4.91. The maximum atomic E-state index is 12.3. The number of aromatic nitrogens is 1. The second-order valence-electron chi connectivity index (χ2n) is 7.14. The molecule has 0 saturated carbocycles. The van der Waals surface area contributed by atoms with Crippen molar-refractivity contribution >= 4 is 37.5 Å². The van der Waals surface area contributed by atoms with Gasteiger partial charge in [0.25, 0.3) is 5.91 Å². The Hall–Kier alpha value is -2.29. The van der Waals surface area contributed by atoms with Gasteiger partial charge in [-0.1, -0.05) is 12.1 Å². The number of fused-ring (bicyclic) bond motifs is 1. The van der Waals surface area contributed by atoms with E-state index in [0.29, 0.717) is 12.1 Å². The van der Waals surface area contributed by atoms with Crippen LogP contribution < -0.4 is 10.0 Å². The summed E-state index contributed by atoms with van der Waals surface area (Å²) in [5.74, 6) is -0.276. The molecule has 142 valence electrons. The highest BCUT2D eigenvalue weighted by Gasteiger charge is 2.22. The van der Waals surface area contributed by atoms with Crippen LogP contribution in [0.25, 0.3) is 10.2 Å². The molecule has 0 fully saturated rings. The van der Waals surface area contributed by atoms with Crippen molar-refractivity contribution in [2.45, 2.75) is 37.8 Å². The van der Waals surface area contributed by atoms with Crippen molar-refractivity contribution in [2.75, 3.05) is 0 Å². The monoisotopic (exact) mass is 403 g/mol. The van der Waals surface area contributed by atoms with Gasteiger partial charge in [-0.25, -0.2) is 18.1 Å². The van der Waals surface area contributed by atoms with E-state index in [1.165, 1.54) is 35.6 Å². The average Bonchev–Trinajstić information content (AvgIpc) is 3.00. The van der Waals surface area contributed by atoms with Crippen LogP contribution in [0.15, 0.2) is 53.4 Å². The lowest BCUT2D eigenvalue weighted by Crippen LogP contribution is -2.40. The van der Waals surface area contributed by atoms with Crippen LogP contribution in [0.4, 0.5) is 0 Å². The van der Waals surface area contributed by atoms with Gasteiger partial charge in [0.1, 0.15) is 5.01 Å². The summed E-state index contributed by atoms with van der Waals surface area (Å²) in [7, 11) is -3.62. The van der Waals surface area contributed by atoms with Crippen molar-refractivity contribution in [2.24, 2.45) is 0 Å². The molecule has 0 aliphatic carbocycles. The van der Waals surface area contributed by atoms with Crippen LogP contribution >= 0.6 is 11.3 Å². The molecule has 0 aliphatic rings. The summed E-state index contributed by atoms with van der Waals surface area (Å²) < 4.78 is 28.3. The van der Waals surface area contributed by atoms with E-state index >= 15 is 0 Å². The fourth-order valence-corrected chi connectivity index (χ4v) is 4.83. The standard InChI is InChI=1S/C19H21N3O3S2/c1-19(2,3)22-27(24,25)14-10-8-13(9-11-14)18(23)20-12-17-21-15-6-4-5-7-16(15)26-17/h4-11,22H,12H2,1-3H3,(H,20,23). The SMILES string of the molecule is CC(C)(C)NS(=O)(=O)c1ccc(C(=O)NCc2nc3ccccc3s2)cc1. The number of nitrogens with zero attached hydrogens (tertiary/aromatic N) is 1. The van der Waals surface area contributed by atoms with E-state index in [-0.39, 0.29) is 10.8 Å². The van der Waals surface area contributed by atoms with Crippen molar-refractivity contribution < 1.29 is 13.2 Å². The molecule has 6 nitrogen and oxygen atoms in total. The predicted molar refractivity (Wildman–Crippen MR) is 107 cm³/mol. The number of sulfonamides is 1. The Bertz CT molecular complexity index is 1030. The summed E-state index contributed by atoms with van der Waals surface area (Å²) in [6, 6.07) is 13.7. The van der Waals surface area contributed by atoms with Crippen molar-refractivity contribution in [3.8, 4) is 0 Å². The fraction of sp³-hybridized carbons (Fsp3) is 0.263. The summed E-state index contributed by atoms with van der Waals surface area (Å²) in [6.07, 6.45) is 0. The predicted octanol–water partition coefficient (Wildman–Crippen LogP) is 3.30. The first-order valence-electron chi connectivity index (χ1n) is 8.41. The van der Waals surface area contributed by atoms with E-state index in [1.807, 2.05) is 24.3 Å².